The third-order valence-electron chi connectivity index (χ3n) is 4.32. The van der Waals surface area contributed by atoms with Gasteiger partial charge in [-0.2, -0.15) is 25.3 Å². The summed E-state index contributed by atoms with van der Waals surface area (Å²) in [5.74, 6) is 5.35. The molecular formula is C15H20Cl2Ti. The van der Waals surface area contributed by atoms with Crippen LogP contribution in [-0.2, 0) is 21.7 Å². The zero-order valence-electron chi connectivity index (χ0n) is 10.7. The van der Waals surface area contributed by atoms with Crippen molar-refractivity contribution in [2.75, 3.05) is 0 Å². The third-order valence-corrected chi connectivity index (χ3v) is 4.32. The third kappa shape index (κ3) is 4.71. The first kappa shape index (κ1) is 18.8. The van der Waals surface area contributed by atoms with E-state index in [1.807, 2.05) is 18.1 Å². The summed E-state index contributed by atoms with van der Waals surface area (Å²) in [6.45, 7) is 0. The largest absolute Gasteiger partial charge is 4.00 e. The molecule has 0 spiro atoms. The van der Waals surface area contributed by atoms with Crippen LogP contribution in [0, 0.1) is 29.7 Å². The molecule has 18 heavy (non-hydrogen) atoms. The van der Waals surface area contributed by atoms with Gasteiger partial charge in [-0.05, 0) is 0 Å². The maximum atomic E-state index is 2.99. The molecule has 4 fully saturated rings. The van der Waals surface area contributed by atoms with E-state index in [0.29, 0.717) is 0 Å². The maximum absolute atomic E-state index is 2.99. The predicted molar refractivity (Wildman–Crippen MR) is 63.0 cm³/mol. The van der Waals surface area contributed by atoms with E-state index in [0.717, 1.165) is 24.2 Å². The molecule has 4 bridgehead atoms. The number of halogens is 2. The molecular weight excluding hydrogens is 299 g/mol. The molecule has 4 saturated carbocycles. The summed E-state index contributed by atoms with van der Waals surface area (Å²) >= 11 is 0. The average molecular weight is 319 g/mol. The van der Waals surface area contributed by atoms with E-state index in [-0.39, 0.29) is 46.5 Å². The Bertz CT molecular complexity index is 220. The van der Waals surface area contributed by atoms with Crippen molar-refractivity contribution in [2.45, 2.75) is 44.9 Å². The first-order valence-electron chi connectivity index (χ1n) is 6.45. The number of rotatable bonds is 0. The number of hydrogen-bond donors (Lipinski definition) is 0. The molecule has 0 aromatic rings. The summed E-state index contributed by atoms with van der Waals surface area (Å²) in [4.78, 5) is 0. The standard InChI is InChI=1S/C10H15.C5H5.2ClH.Ti/c1-7-2-9-4-8(1)5-10(3-7)6-9;1-2-4-5-3-1;;;/h7-9H,1-6H2;1-3H,4H2;2*1H;/q2*-1;;;+4/p-2. The molecule has 0 heterocycles. The molecule has 3 heteroatoms. The summed E-state index contributed by atoms with van der Waals surface area (Å²) < 4.78 is 0. The summed E-state index contributed by atoms with van der Waals surface area (Å²) in [5.41, 5.74) is 0. The van der Waals surface area contributed by atoms with Gasteiger partial charge in [0.2, 0.25) is 0 Å². The van der Waals surface area contributed by atoms with E-state index >= 15 is 0 Å². The minimum Gasteiger partial charge on any atom is -1.00 e. The van der Waals surface area contributed by atoms with Gasteiger partial charge in [0.05, 0.1) is 0 Å². The summed E-state index contributed by atoms with van der Waals surface area (Å²) in [6.07, 6.45) is 19.3. The van der Waals surface area contributed by atoms with Crippen molar-refractivity contribution in [3.05, 3.63) is 30.2 Å². The van der Waals surface area contributed by atoms with E-state index < -0.39 is 0 Å². The van der Waals surface area contributed by atoms with Crippen molar-refractivity contribution >= 4 is 0 Å². The molecule has 5 aliphatic carbocycles. The molecule has 0 aromatic carbocycles. The van der Waals surface area contributed by atoms with Crippen molar-refractivity contribution in [3.8, 4) is 0 Å². The van der Waals surface area contributed by atoms with Crippen LogP contribution < -0.4 is 24.8 Å². The Morgan fingerprint density at radius 3 is 1.61 bits per heavy atom. The Hall–Kier alpha value is 0.774. The molecule has 0 nitrogen and oxygen atoms in total. The van der Waals surface area contributed by atoms with Crippen LogP contribution in [0.25, 0.3) is 0 Å². The molecule has 0 amide bonds. The zero-order valence-corrected chi connectivity index (χ0v) is 13.7. The van der Waals surface area contributed by atoms with Gasteiger partial charge >= 0.3 is 21.7 Å². The second-order valence-corrected chi connectivity index (χ2v) is 5.67. The number of hydrogen-bond acceptors (Lipinski definition) is 0. The molecule has 0 atom stereocenters. The van der Waals surface area contributed by atoms with Gasteiger partial charge in [0.1, 0.15) is 0 Å². The Kier molecular flexibility index (Phi) is 9.23. The zero-order chi connectivity index (χ0) is 10.1. The second-order valence-electron chi connectivity index (χ2n) is 5.67. The number of allylic oxidation sites excluding steroid dienone is 4. The fourth-order valence-corrected chi connectivity index (χ4v) is 4.02. The molecule has 5 rings (SSSR count). The van der Waals surface area contributed by atoms with Crippen molar-refractivity contribution in [2.24, 2.45) is 17.8 Å². The fraction of sp³-hybridized carbons (Fsp3) is 0.667. The van der Waals surface area contributed by atoms with Crippen molar-refractivity contribution < 1.29 is 46.5 Å². The molecule has 0 radical (unpaired) electrons. The van der Waals surface area contributed by atoms with Crippen LogP contribution in [0.15, 0.2) is 18.2 Å². The van der Waals surface area contributed by atoms with Gasteiger partial charge in [0, 0.05) is 0 Å². The normalized spacial score (nSPS) is 33.9. The van der Waals surface area contributed by atoms with Gasteiger partial charge in [0.25, 0.3) is 0 Å². The molecule has 0 unspecified atom stereocenters. The molecule has 0 N–H and O–H groups in total. The van der Waals surface area contributed by atoms with E-state index in [1.165, 1.54) is 19.3 Å². The summed E-state index contributed by atoms with van der Waals surface area (Å²) in [5, 5.41) is 0. The van der Waals surface area contributed by atoms with Crippen LogP contribution in [0.4, 0.5) is 0 Å². The van der Waals surface area contributed by atoms with Gasteiger partial charge in [-0.1, -0.05) is 37.0 Å². The van der Waals surface area contributed by atoms with E-state index in [1.54, 1.807) is 19.3 Å². The predicted octanol–water partition coefficient (Wildman–Crippen LogP) is -1.90. The minimum absolute atomic E-state index is 0. The summed E-state index contributed by atoms with van der Waals surface area (Å²) in [6, 6.07) is 0. The molecule has 0 aliphatic heterocycles. The fourth-order valence-electron chi connectivity index (χ4n) is 4.02. The first-order valence-corrected chi connectivity index (χ1v) is 6.45. The Balaban J connectivity index is 0.000000320. The molecule has 0 aromatic heterocycles. The average Bonchev–Trinajstić information content (AvgIpc) is 2.72. The molecule has 0 saturated heterocycles. The Morgan fingerprint density at radius 2 is 1.39 bits per heavy atom. The smallest absolute Gasteiger partial charge is 1.00 e. The van der Waals surface area contributed by atoms with Crippen LogP contribution >= 0.6 is 0 Å². The minimum atomic E-state index is 0. The van der Waals surface area contributed by atoms with E-state index in [4.69, 9.17) is 0 Å². The maximum Gasteiger partial charge on any atom is 4.00 e. The SMILES string of the molecule is C1[C-]2CC3CC1CC(C2)C3.[C-]1=CC=CC1.[Cl-].[Cl-].[Ti+4]. The van der Waals surface area contributed by atoms with Crippen LogP contribution in [0.1, 0.15) is 44.9 Å². The first-order chi connectivity index (χ1) is 7.40. The topological polar surface area (TPSA) is 0 Å². The Morgan fingerprint density at radius 1 is 0.889 bits per heavy atom. The van der Waals surface area contributed by atoms with Crippen molar-refractivity contribution in [1.29, 1.82) is 0 Å². The van der Waals surface area contributed by atoms with E-state index in [9.17, 15) is 0 Å². The van der Waals surface area contributed by atoms with Crippen LogP contribution in [-0.4, -0.2) is 0 Å². The molecule has 5 aliphatic rings. The van der Waals surface area contributed by atoms with Gasteiger partial charge in [-0.25, -0.2) is 12.2 Å². The van der Waals surface area contributed by atoms with Gasteiger partial charge in [-0.15, -0.1) is 6.42 Å². The van der Waals surface area contributed by atoms with Crippen LogP contribution in [0.5, 0.6) is 0 Å². The van der Waals surface area contributed by atoms with Crippen molar-refractivity contribution in [1.82, 2.24) is 0 Å². The van der Waals surface area contributed by atoms with Gasteiger partial charge < -0.3 is 30.7 Å². The molecule has 98 valence electrons. The second kappa shape index (κ2) is 8.85. The van der Waals surface area contributed by atoms with Crippen molar-refractivity contribution in [3.63, 3.8) is 0 Å². The van der Waals surface area contributed by atoms with Gasteiger partial charge in [-0.3, -0.25) is 6.08 Å². The Labute approximate surface area is 139 Å². The van der Waals surface area contributed by atoms with Gasteiger partial charge in [0.15, 0.2) is 0 Å². The monoisotopic (exact) mass is 318 g/mol. The van der Waals surface area contributed by atoms with Crippen LogP contribution in [0.3, 0.4) is 0 Å². The quantitative estimate of drug-likeness (QED) is 0.362. The van der Waals surface area contributed by atoms with Crippen LogP contribution in [0.2, 0.25) is 0 Å². The summed E-state index contributed by atoms with van der Waals surface area (Å²) in [7, 11) is 0. The van der Waals surface area contributed by atoms with E-state index in [2.05, 4.69) is 12.2 Å².